The van der Waals surface area contributed by atoms with Gasteiger partial charge < -0.3 is 22.1 Å². The highest BCUT2D eigenvalue weighted by atomic mass is 15.2. The van der Waals surface area contributed by atoms with Crippen LogP contribution in [0.1, 0.15) is 24.5 Å². The van der Waals surface area contributed by atoms with Crippen LogP contribution in [-0.2, 0) is 13.1 Å². The molecule has 0 saturated heterocycles. The zero-order valence-electron chi connectivity index (χ0n) is 13.2. The first-order valence-electron chi connectivity index (χ1n) is 7.77. The Hall–Kier alpha value is -2.44. The summed E-state index contributed by atoms with van der Waals surface area (Å²) in [6, 6.07) is 8.46. The predicted molar refractivity (Wildman–Crippen MR) is 92.2 cm³/mol. The maximum Gasteiger partial charge on any atom is 0.135 e. The Bertz CT molecular complexity index is 725. The van der Waals surface area contributed by atoms with Crippen molar-refractivity contribution in [2.75, 3.05) is 5.32 Å². The minimum Gasteiger partial charge on any atom is -0.369 e. The monoisotopic (exact) mass is 310 g/mol. The Labute approximate surface area is 136 Å². The minimum absolute atomic E-state index is 0.453. The van der Waals surface area contributed by atoms with E-state index in [0.717, 1.165) is 40.4 Å². The Morgan fingerprint density at radius 1 is 1.17 bits per heavy atom. The van der Waals surface area contributed by atoms with Crippen molar-refractivity contribution in [1.82, 2.24) is 15.3 Å². The van der Waals surface area contributed by atoms with E-state index in [1.165, 1.54) is 0 Å². The SMILES string of the molecule is CC1CC=C(Nc2cc(-c3ccc(CN)c(CN)c3)ncn2)N1. The van der Waals surface area contributed by atoms with Gasteiger partial charge in [0.2, 0.25) is 0 Å². The molecule has 6 heteroatoms. The predicted octanol–water partition coefficient (Wildman–Crippen LogP) is 1.70. The summed E-state index contributed by atoms with van der Waals surface area (Å²) in [5.41, 5.74) is 15.5. The Morgan fingerprint density at radius 3 is 2.70 bits per heavy atom. The molecule has 1 aromatic heterocycles. The lowest BCUT2D eigenvalue weighted by Crippen LogP contribution is -2.22. The van der Waals surface area contributed by atoms with E-state index in [4.69, 9.17) is 11.5 Å². The van der Waals surface area contributed by atoms with E-state index in [1.54, 1.807) is 6.33 Å². The molecule has 1 aliphatic rings. The van der Waals surface area contributed by atoms with Gasteiger partial charge in [0.05, 0.1) is 5.69 Å². The molecule has 0 saturated carbocycles. The van der Waals surface area contributed by atoms with Gasteiger partial charge in [-0.15, -0.1) is 0 Å². The Kier molecular flexibility index (Phi) is 4.55. The number of nitrogens with zero attached hydrogens (tertiary/aromatic N) is 2. The number of hydrogen-bond acceptors (Lipinski definition) is 6. The average molecular weight is 310 g/mol. The second kappa shape index (κ2) is 6.76. The van der Waals surface area contributed by atoms with Crippen LogP contribution in [0.2, 0.25) is 0 Å². The summed E-state index contributed by atoms with van der Waals surface area (Å²) in [4.78, 5) is 8.65. The molecule has 1 atom stereocenters. The molecule has 2 aromatic rings. The average Bonchev–Trinajstić information content (AvgIpc) is 2.99. The third kappa shape index (κ3) is 3.49. The third-order valence-electron chi connectivity index (χ3n) is 3.95. The van der Waals surface area contributed by atoms with E-state index in [2.05, 4.69) is 33.6 Å². The van der Waals surface area contributed by atoms with Crippen molar-refractivity contribution in [2.45, 2.75) is 32.5 Å². The summed E-state index contributed by atoms with van der Waals surface area (Å²) in [7, 11) is 0. The number of anilines is 1. The van der Waals surface area contributed by atoms with Gasteiger partial charge >= 0.3 is 0 Å². The fourth-order valence-corrected chi connectivity index (χ4v) is 2.66. The second-order valence-corrected chi connectivity index (χ2v) is 5.70. The molecule has 0 spiro atoms. The van der Waals surface area contributed by atoms with Crippen molar-refractivity contribution in [3.63, 3.8) is 0 Å². The summed E-state index contributed by atoms with van der Waals surface area (Å²) in [5.74, 6) is 1.75. The number of aromatic nitrogens is 2. The smallest absolute Gasteiger partial charge is 0.135 e. The molecule has 1 aromatic carbocycles. The zero-order valence-corrected chi connectivity index (χ0v) is 13.2. The quantitative estimate of drug-likeness (QED) is 0.670. The van der Waals surface area contributed by atoms with Gasteiger partial charge in [-0.2, -0.15) is 0 Å². The number of nitrogens with two attached hydrogens (primary N) is 2. The fourth-order valence-electron chi connectivity index (χ4n) is 2.66. The first-order chi connectivity index (χ1) is 11.2. The first-order valence-corrected chi connectivity index (χ1v) is 7.77. The fraction of sp³-hybridized carbons (Fsp3) is 0.294. The highest BCUT2D eigenvalue weighted by Crippen LogP contribution is 2.23. The lowest BCUT2D eigenvalue weighted by Gasteiger charge is -2.12. The molecule has 120 valence electrons. The number of benzene rings is 1. The Morgan fingerprint density at radius 2 is 2.00 bits per heavy atom. The molecule has 6 nitrogen and oxygen atoms in total. The van der Waals surface area contributed by atoms with E-state index < -0.39 is 0 Å². The number of nitrogens with one attached hydrogen (secondary N) is 2. The van der Waals surface area contributed by atoms with Crippen LogP contribution in [0.25, 0.3) is 11.3 Å². The zero-order chi connectivity index (χ0) is 16.2. The molecule has 1 aliphatic heterocycles. The van der Waals surface area contributed by atoms with Crippen LogP contribution < -0.4 is 22.1 Å². The molecular formula is C17H22N6. The van der Waals surface area contributed by atoms with Gasteiger partial charge in [-0.25, -0.2) is 9.97 Å². The van der Waals surface area contributed by atoms with Crippen LogP contribution in [-0.4, -0.2) is 16.0 Å². The maximum atomic E-state index is 5.81. The molecule has 0 radical (unpaired) electrons. The number of hydrogen-bond donors (Lipinski definition) is 4. The molecule has 2 heterocycles. The van der Waals surface area contributed by atoms with Crippen molar-refractivity contribution in [1.29, 1.82) is 0 Å². The van der Waals surface area contributed by atoms with Crippen molar-refractivity contribution in [2.24, 2.45) is 11.5 Å². The molecule has 1 unspecified atom stereocenters. The standard InChI is InChI=1S/C17H22N6/c1-11-2-5-16(22-11)23-17-7-15(20-10-21-17)12-3-4-13(8-18)14(6-12)9-19/h3-7,10-11,22H,2,8-9,18-19H2,1H3,(H,20,21,23). The molecule has 6 N–H and O–H groups in total. The summed E-state index contributed by atoms with van der Waals surface area (Å²) in [6.07, 6.45) is 4.71. The van der Waals surface area contributed by atoms with Crippen LogP contribution in [0.3, 0.4) is 0 Å². The molecule has 0 aliphatic carbocycles. The lowest BCUT2D eigenvalue weighted by molar-refractivity contribution is 0.672. The van der Waals surface area contributed by atoms with Crippen LogP contribution in [0.4, 0.5) is 5.82 Å². The molecular weight excluding hydrogens is 288 g/mol. The Balaban J connectivity index is 1.85. The van der Waals surface area contributed by atoms with Gasteiger partial charge in [-0.3, -0.25) is 0 Å². The van der Waals surface area contributed by atoms with Gasteiger partial charge in [-0.05, 0) is 36.6 Å². The van der Waals surface area contributed by atoms with Crippen LogP contribution >= 0.6 is 0 Å². The van der Waals surface area contributed by atoms with Crippen LogP contribution in [0.15, 0.2) is 42.5 Å². The second-order valence-electron chi connectivity index (χ2n) is 5.70. The van der Waals surface area contributed by atoms with E-state index in [-0.39, 0.29) is 0 Å². The highest BCUT2D eigenvalue weighted by Gasteiger charge is 2.12. The van der Waals surface area contributed by atoms with Gasteiger partial charge in [0, 0.05) is 30.8 Å². The van der Waals surface area contributed by atoms with Gasteiger partial charge in [0.25, 0.3) is 0 Å². The van der Waals surface area contributed by atoms with Crippen molar-refractivity contribution >= 4 is 5.82 Å². The highest BCUT2D eigenvalue weighted by molar-refractivity contribution is 5.64. The topological polar surface area (TPSA) is 102 Å². The van der Waals surface area contributed by atoms with Crippen LogP contribution in [0.5, 0.6) is 0 Å². The molecule has 0 amide bonds. The normalized spacial score (nSPS) is 16.8. The molecule has 0 bridgehead atoms. The molecule has 3 rings (SSSR count). The van der Waals surface area contributed by atoms with Crippen LogP contribution in [0, 0.1) is 0 Å². The summed E-state index contributed by atoms with van der Waals surface area (Å²) < 4.78 is 0. The minimum atomic E-state index is 0.453. The third-order valence-corrected chi connectivity index (χ3v) is 3.95. The van der Waals surface area contributed by atoms with Gasteiger partial charge in [-0.1, -0.05) is 12.1 Å². The van der Waals surface area contributed by atoms with Crippen molar-refractivity contribution in [3.8, 4) is 11.3 Å². The van der Waals surface area contributed by atoms with Gasteiger partial charge in [0.15, 0.2) is 0 Å². The van der Waals surface area contributed by atoms with E-state index >= 15 is 0 Å². The first kappa shape index (κ1) is 15.5. The largest absolute Gasteiger partial charge is 0.369 e. The number of rotatable bonds is 5. The molecule has 0 fully saturated rings. The van der Waals surface area contributed by atoms with E-state index in [1.807, 2.05) is 24.3 Å². The summed E-state index contributed by atoms with van der Waals surface area (Å²) >= 11 is 0. The summed E-state index contributed by atoms with van der Waals surface area (Å²) in [6.45, 7) is 3.09. The summed E-state index contributed by atoms with van der Waals surface area (Å²) in [5, 5.41) is 6.64. The van der Waals surface area contributed by atoms with Crippen molar-refractivity contribution < 1.29 is 0 Å². The lowest BCUT2D eigenvalue weighted by atomic mass is 10.0. The van der Waals surface area contributed by atoms with Crippen molar-refractivity contribution in [3.05, 3.63) is 53.6 Å². The maximum absolute atomic E-state index is 5.81. The molecule has 23 heavy (non-hydrogen) atoms. The van der Waals surface area contributed by atoms with E-state index in [9.17, 15) is 0 Å². The van der Waals surface area contributed by atoms with E-state index in [0.29, 0.717) is 19.1 Å². The van der Waals surface area contributed by atoms with Gasteiger partial charge in [0.1, 0.15) is 18.0 Å².